The van der Waals surface area contributed by atoms with Gasteiger partial charge >= 0.3 is 0 Å². The molecule has 2 aromatic rings. The third-order valence-electron chi connectivity index (χ3n) is 7.30. The first-order valence-electron chi connectivity index (χ1n) is 13.1. The number of unbranched alkanes of at least 4 members (excludes halogenated alkanes) is 6. The second kappa shape index (κ2) is 12.3. The monoisotopic (exact) mass is 452 g/mol. The van der Waals surface area contributed by atoms with Gasteiger partial charge in [0.25, 0.3) is 0 Å². The summed E-state index contributed by atoms with van der Waals surface area (Å²) in [5.74, 6) is 0. The highest BCUT2D eigenvalue weighted by molar-refractivity contribution is 5.27. The Kier molecular flexibility index (Phi) is 8.95. The topological polar surface area (TPSA) is 89.8 Å². The summed E-state index contributed by atoms with van der Waals surface area (Å²) >= 11 is 0. The van der Waals surface area contributed by atoms with Crippen molar-refractivity contribution in [2.75, 3.05) is 13.1 Å². The van der Waals surface area contributed by atoms with Crippen LogP contribution in [-0.4, -0.2) is 23.1 Å². The molecule has 0 unspecified atom stereocenters. The number of nitrogens with one attached hydrogen (secondary N) is 4. The summed E-state index contributed by atoms with van der Waals surface area (Å²) in [5, 5.41) is 7.41. The third-order valence-corrected chi connectivity index (χ3v) is 7.30. The maximum Gasteiger partial charge on any atom is 0.248 e. The highest BCUT2D eigenvalue weighted by Gasteiger charge is 2.21. The van der Waals surface area contributed by atoms with Crippen LogP contribution in [0.25, 0.3) is 0 Å². The SMILES string of the molecule is O=c1ccc2c([nH]1)CCC[C@@H]2NCCCCCCCCCN[C@@H]1CCCc2[nH]c(=O)ccc21. The van der Waals surface area contributed by atoms with E-state index in [0.29, 0.717) is 12.1 Å². The van der Waals surface area contributed by atoms with E-state index in [-0.39, 0.29) is 11.1 Å². The van der Waals surface area contributed by atoms with Crippen molar-refractivity contribution in [2.45, 2.75) is 95.6 Å². The van der Waals surface area contributed by atoms with Crippen LogP contribution >= 0.6 is 0 Å². The highest BCUT2D eigenvalue weighted by Crippen LogP contribution is 2.28. The number of rotatable bonds is 12. The first-order valence-corrected chi connectivity index (χ1v) is 13.1. The molecule has 0 aromatic carbocycles. The van der Waals surface area contributed by atoms with Crippen LogP contribution < -0.4 is 21.8 Å². The van der Waals surface area contributed by atoms with Crippen LogP contribution in [0.2, 0.25) is 0 Å². The molecule has 2 aromatic heterocycles. The van der Waals surface area contributed by atoms with Gasteiger partial charge in [-0.15, -0.1) is 0 Å². The molecule has 0 amide bonds. The number of aryl methyl sites for hydroxylation is 2. The van der Waals surface area contributed by atoms with Gasteiger partial charge in [-0.1, -0.05) is 44.2 Å². The maximum atomic E-state index is 11.5. The van der Waals surface area contributed by atoms with Crippen molar-refractivity contribution < 1.29 is 0 Å². The third kappa shape index (κ3) is 6.90. The van der Waals surface area contributed by atoms with Crippen molar-refractivity contribution in [1.29, 1.82) is 0 Å². The van der Waals surface area contributed by atoms with Gasteiger partial charge in [-0.3, -0.25) is 9.59 Å². The molecule has 180 valence electrons. The smallest absolute Gasteiger partial charge is 0.248 e. The molecule has 0 bridgehead atoms. The van der Waals surface area contributed by atoms with Crippen LogP contribution in [-0.2, 0) is 12.8 Å². The molecule has 2 aliphatic rings. The largest absolute Gasteiger partial charge is 0.326 e. The fraction of sp³-hybridized carbons (Fsp3) is 0.630. The first-order chi connectivity index (χ1) is 16.2. The fourth-order valence-corrected chi connectivity index (χ4v) is 5.51. The lowest BCUT2D eigenvalue weighted by molar-refractivity contribution is 0.437. The van der Waals surface area contributed by atoms with Gasteiger partial charge in [-0.2, -0.15) is 0 Å². The van der Waals surface area contributed by atoms with Crippen molar-refractivity contribution in [2.24, 2.45) is 0 Å². The molecular weight excluding hydrogens is 412 g/mol. The van der Waals surface area contributed by atoms with Gasteiger partial charge in [0.1, 0.15) is 0 Å². The molecule has 0 saturated heterocycles. The number of aromatic nitrogens is 2. The van der Waals surface area contributed by atoms with E-state index in [2.05, 4.69) is 20.6 Å². The standard InChI is InChI=1S/C27H40N4O2/c32-26-16-14-20-22(10-8-12-24(20)30-26)28-18-6-4-2-1-3-5-7-19-29-23-11-9-13-25-21(23)15-17-27(33)31-25/h14-17,22-23,28-29H,1-13,18-19H2,(H,30,32)(H,31,33)/t22-,23+. The summed E-state index contributed by atoms with van der Waals surface area (Å²) in [6.45, 7) is 2.11. The highest BCUT2D eigenvalue weighted by atomic mass is 16.1. The van der Waals surface area contributed by atoms with Gasteiger partial charge in [0, 0.05) is 35.6 Å². The minimum absolute atomic E-state index is 0.0158. The molecule has 4 rings (SSSR count). The average molecular weight is 453 g/mol. The molecule has 0 radical (unpaired) electrons. The number of hydrogen-bond acceptors (Lipinski definition) is 4. The molecule has 2 atom stereocenters. The van der Waals surface area contributed by atoms with Gasteiger partial charge < -0.3 is 20.6 Å². The van der Waals surface area contributed by atoms with Crippen LogP contribution in [0.3, 0.4) is 0 Å². The molecular formula is C27H40N4O2. The van der Waals surface area contributed by atoms with Gasteiger partial charge in [-0.25, -0.2) is 0 Å². The second-order valence-corrected chi connectivity index (χ2v) is 9.79. The molecule has 33 heavy (non-hydrogen) atoms. The van der Waals surface area contributed by atoms with Crippen LogP contribution in [0, 0.1) is 0 Å². The molecule has 0 aliphatic heterocycles. The van der Waals surface area contributed by atoms with Gasteiger partial charge in [0.05, 0.1) is 0 Å². The summed E-state index contributed by atoms with van der Waals surface area (Å²) in [6, 6.07) is 8.12. The maximum absolute atomic E-state index is 11.5. The van der Waals surface area contributed by atoms with E-state index in [9.17, 15) is 9.59 Å². The minimum atomic E-state index is 0.0158. The lowest BCUT2D eigenvalue weighted by atomic mass is 9.91. The van der Waals surface area contributed by atoms with Crippen LogP contribution in [0.15, 0.2) is 33.9 Å². The zero-order chi connectivity index (χ0) is 22.9. The molecule has 2 aliphatic carbocycles. The van der Waals surface area contributed by atoms with Gasteiger partial charge in [0.15, 0.2) is 0 Å². The summed E-state index contributed by atoms with van der Waals surface area (Å²) < 4.78 is 0. The number of pyridine rings is 2. The Morgan fingerprint density at radius 1 is 0.636 bits per heavy atom. The second-order valence-electron chi connectivity index (χ2n) is 9.79. The first kappa shape index (κ1) is 24.0. The van der Waals surface area contributed by atoms with Crippen molar-refractivity contribution >= 4 is 0 Å². The quantitative estimate of drug-likeness (QED) is 0.359. The molecule has 6 heteroatoms. The van der Waals surface area contributed by atoms with Crippen molar-refractivity contribution in [3.8, 4) is 0 Å². The van der Waals surface area contributed by atoms with Crippen molar-refractivity contribution in [1.82, 2.24) is 20.6 Å². The summed E-state index contributed by atoms with van der Waals surface area (Å²) in [4.78, 5) is 29.1. The number of hydrogen-bond donors (Lipinski definition) is 4. The van der Waals surface area contributed by atoms with E-state index in [4.69, 9.17) is 0 Å². The lowest BCUT2D eigenvalue weighted by Crippen LogP contribution is -2.28. The molecule has 6 nitrogen and oxygen atoms in total. The average Bonchev–Trinajstić information content (AvgIpc) is 2.82. The van der Waals surface area contributed by atoms with E-state index in [1.54, 1.807) is 12.1 Å². The minimum Gasteiger partial charge on any atom is -0.326 e. The molecule has 0 spiro atoms. The van der Waals surface area contributed by atoms with Crippen molar-refractivity contribution in [3.63, 3.8) is 0 Å². The number of H-pyrrole nitrogens is 2. The number of fused-ring (bicyclic) bond motifs is 2. The van der Waals surface area contributed by atoms with E-state index in [1.165, 1.54) is 56.1 Å². The Bertz CT molecular complexity index is 917. The molecule has 0 fully saturated rings. The summed E-state index contributed by atoms with van der Waals surface area (Å²) in [6.07, 6.45) is 15.6. The fourth-order valence-electron chi connectivity index (χ4n) is 5.51. The number of aromatic amines is 2. The Labute approximate surface area is 197 Å². The van der Waals surface area contributed by atoms with Crippen LogP contribution in [0.1, 0.15) is 105 Å². The van der Waals surface area contributed by atoms with Gasteiger partial charge in [-0.05, 0) is 75.6 Å². The molecule has 4 N–H and O–H groups in total. The predicted octanol–water partition coefficient (Wildman–Crippen LogP) is 4.43. The Morgan fingerprint density at radius 2 is 1.06 bits per heavy atom. The van der Waals surface area contributed by atoms with Gasteiger partial charge in [0.2, 0.25) is 11.1 Å². The lowest BCUT2D eigenvalue weighted by Gasteiger charge is -2.26. The molecule has 2 heterocycles. The van der Waals surface area contributed by atoms with E-state index in [0.717, 1.165) is 63.0 Å². The van der Waals surface area contributed by atoms with E-state index >= 15 is 0 Å². The normalized spacial score (nSPS) is 19.8. The molecule has 0 saturated carbocycles. The zero-order valence-corrected chi connectivity index (χ0v) is 19.9. The van der Waals surface area contributed by atoms with Crippen LogP contribution in [0.5, 0.6) is 0 Å². The van der Waals surface area contributed by atoms with E-state index < -0.39 is 0 Å². The summed E-state index contributed by atoms with van der Waals surface area (Å²) in [5.41, 5.74) is 4.87. The van der Waals surface area contributed by atoms with Crippen molar-refractivity contribution in [3.05, 3.63) is 67.5 Å². The predicted molar refractivity (Wildman–Crippen MR) is 134 cm³/mol. The van der Waals surface area contributed by atoms with E-state index in [1.807, 2.05) is 12.1 Å². The zero-order valence-electron chi connectivity index (χ0n) is 19.9. The Balaban J connectivity index is 1.02. The Morgan fingerprint density at radius 3 is 1.52 bits per heavy atom. The van der Waals surface area contributed by atoms with Crippen LogP contribution in [0.4, 0.5) is 0 Å². The Hall–Kier alpha value is -2.18. The summed E-state index contributed by atoms with van der Waals surface area (Å²) in [7, 11) is 0.